The van der Waals surface area contributed by atoms with E-state index in [0.29, 0.717) is 16.8 Å². The Morgan fingerprint density at radius 1 is 1.29 bits per heavy atom. The van der Waals surface area contributed by atoms with Gasteiger partial charge < -0.3 is 10.2 Å². The van der Waals surface area contributed by atoms with Gasteiger partial charge in [0.25, 0.3) is 0 Å². The van der Waals surface area contributed by atoms with Gasteiger partial charge in [-0.15, -0.1) is 0 Å². The molecule has 0 aromatic carbocycles. The molecule has 6 heteroatoms. The third-order valence-electron chi connectivity index (χ3n) is 3.62. The molecule has 0 saturated carbocycles. The molecule has 0 atom stereocenters. The Hall–Kier alpha value is -1.36. The minimum absolute atomic E-state index is 0.110. The van der Waals surface area contributed by atoms with Crippen LogP contribution >= 0.6 is 11.6 Å². The SMILES string of the molecule is Cc1c(Cl)nc(C(C)(C)C)nc1NCC(=O)N1CCCC1. The third kappa shape index (κ3) is 3.84. The number of nitrogens with one attached hydrogen (secondary N) is 1. The summed E-state index contributed by atoms with van der Waals surface area (Å²) < 4.78 is 0. The van der Waals surface area contributed by atoms with Crippen LogP contribution in [-0.4, -0.2) is 40.4 Å². The maximum Gasteiger partial charge on any atom is 0.241 e. The van der Waals surface area contributed by atoms with Crippen LogP contribution in [-0.2, 0) is 10.2 Å². The van der Waals surface area contributed by atoms with E-state index in [4.69, 9.17) is 11.6 Å². The lowest BCUT2D eigenvalue weighted by Gasteiger charge is -2.20. The molecule has 2 heterocycles. The summed E-state index contributed by atoms with van der Waals surface area (Å²) in [6.45, 7) is 9.93. The number of halogens is 1. The van der Waals surface area contributed by atoms with E-state index in [1.54, 1.807) is 0 Å². The number of aromatic nitrogens is 2. The van der Waals surface area contributed by atoms with Gasteiger partial charge in [0.15, 0.2) is 0 Å². The first-order chi connectivity index (χ1) is 9.79. The lowest BCUT2D eigenvalue weighted by atomic mass is 9.95. The van der Waals surface area contributed by atoms with Crippen LogP contribution < -0.4 is 5.32 Å². The lowest BCUT2D eigenvalue weighted by Crippen LogP contribution is -2.33. The Balaban J connectivity index is 2.11. The monoisotopic (exact) mass is 310 g/mol. The second kappa shape index (κ2) is 6.18. The van der Waals surface area contributed by atoms with Gasteiger partial charge in [-0.1, -0.05) is 32.4 Å². The van der Waals surface area contributed by atoms with Crippen molar-refractivity contribution in [2.75, 3.05) is 25.0 Å². The van der Waals surface area contributed by atoms with Crippen LogP contribution in [0.4, 0.5) is 5.82 Å². The smallest absolute Gasteiger partial charge is 0.241 e. The highest BCUT2D eigenvalue weighted by molar-refractivity contribution is 6.30. The molecule has 1 amide bonds. The van der Waals surface area contributed by atoms with Gasteiger partial charge in [-0.25, -0.2) is 9.97 Å². The molecule has 1 saturated heterocycles. The normalized spacial score (nSPS) is 15.4. The van der Waals surface area contributed by atoms with Crippen LogP contribution in [0, 0.1) is 6.92 Å². The molecule has 116 valence electrons. The lowest BCUT2D eigenvalue weighted by molar-refractivity contribution is -0.128. The summed E-state index contributed by atoms with van der Waals surface area (Å²) in [4.78, 5) is 22.8. The Labute approximate surface area is 131 Å². The van der Waals surface area contributed by atoms with E-state index in [1.807, 2.05) is 32.6 Å². The predicted molar refractivity (Wildman–Crippen MR) is 84.8 cm³/mol. The van der Waals surface area contributed by atoms with Crippen LogP contribution in [0.3, 0.4) is 0 Å². The van der Waals surface area contributed by atoms with E-state index in [-0.39, 0.29) is 17.9 Å². The predicted octanol–water partition coefficient (Wildman–Crippen LogP) is 2.77. The van der Waals surface area contributed by atoms with Crippen LogP contribution in [0.2, 0.25) is 5.15 Å². The summed E-state index contributed by atoms with van der Waals surface area (Å²) in [5.41, 5.74) is 0.589. The van der Waals surface area contributed by atoms with E-state index in [2.05, 4.69) is 15.3 Å². The summed E-state index contributed by atoms with van der Waals surface area (Å²) in [5, 5.41) is 3.55. The minimum atomic E-state index is -0.188. The molecular weight excluding hydrogens is 288 g/mol. The number of nitrogens with zero attached hydrogens (tertiary/aromatic N) is 3. The van der Waals surface area contributed by atoms with Crippen molar-refractivity contribution in [1.29, 1.82) is 0 Å². The zero-order chi connectivity index (χ0) is 15.6. The molecule has 1 fully saturated rings. The number of hydrogen-bond donors (Lipinski definition) is 1. The summed E-state index contributed by atoms with van der Waals surface area (Å²) in [6, 6.07) is 0. The highest BCUT2D eigenvalue weighted by atomic mass is 35.5. The maximum atomic E-state index is 12.1. The number of carbonyl (C=O) groups excluding carboxylic acids is 1. The van der Waals surface area contributed by atoms with Crippen molar-refractivity contribution >= 4 is 23.3 Å². The van der Waals surface area contributed by atoms with Crippen molar-refractivity contribution in [3.05, 3.63) is 16.5 Å². The topological polar surface area (TPSA) is 58.1 Å². The molecule has 0 bridgehead atoms. The molecule has 0 unspecified atom stereocenters. The van der Waals surface area contributed by atoms with Crippen LogP contribution in [0.1, 0.15) is 45.0 Å². The molecule has 1 aliphatic heterocycles. The van der Waals surface area contributed by atoms with Gasteiger partial charge >= 0.3 is 0 Å². The van der Waals surface area contributed by atoms with Crippen molar-refractivity contribution in [1.82, 2.24) is 14.9 Å². The zero-order valence-corrected chi connectivity index (χ0v) is 13.9. The van der Waals surface area contributed by atoms with Crippen LogP contribution in [0.15, 0.2) is 0 Å². The van der Waals surface area contributed by atoms with Crippen molar-refractivity contribution < 1.29 is 4.79 Å². The Morgan fingerprint density at radius 3 is 2.48 bits per heavy atom. The molecule has 0 spiro atoms. The van der Waals surface area contributed by atoms with Gasteiger partial charge in [-0.3, -0.25) is 4.79 Å². The van der Waals surface area contributed by atoms with Gasteiger partial charge in [0, 0.05) is 24.1 Å². The van der Waals surface area contributed by atoms with E-state index in [1.165, 1.54) is 0 Å². The average Bonchev–Trinajstić information content (AvgIpc) is 2.92. The number of rotatable bonds is 3. The molecule has 0 radical (unpaired) electrons. The first-order valence-corrected chi connectivity index (χ1v) is 7.73. The number of likely N-dealkylation sites (tertiary alicyclic amines) is 1. The number of amides is 1. The van der Waals surface area contributed by atoms with Gasteiger partial charge in [0.05, 0.1) is 6.54 Å². The quantitative estimate of drug-likeness (QED) is 0.872. The van der Waals surface area contributed by atoms with E-state index < -0.39 is 0 Å². The highest BCUT2D eigenvalue weighted by Crippen LogP contribution is 2.26. The molecule has 1 aliphatic rings. The maximum absolute atomic E-state index is 12.1. The van der Waals surface area contributed by atoms with Crippen LogP contribution in [0.25, 0.3) is 0 Å². The second-order valence-corrected chi connectivity index (χ2v) is 6.86. The zero-order valence-electron chi connectivity index (χ0n) is 13.2. The van der Waals surface area contributed by atoms with Crippen molar-refractivity contribution in [2.45, 2.75) is 46.0 Å². The van der Waals surface area contributed by atoms with Crippen molar-refractivity contribution in [2.24, 2.45) is 0 Å². The number of carbonyl (C=O) groups is 1. The highest BCUT2D eigenvalue weighted by Gasteiger charge is 2.22. The number of anilines is 1. The second-order valence-electron chi connectivity index (χ2n) is 6.50. The first-order valence-electron chi connectivity index (χ1n) is 7.35. The van der Waals surface area contributed by atoms with E-state index in [9.17, 15) is 4.79 Å². The molecule has 1 aromatic heterocycles. The summed E-state index contributed by atoms with van der Waals surface area (Å²) in [7, 11) is 0. The summed E-state index contributed by atoms with van der Waals surface area (Å²) >= 11 is 6.18. The fourth-order valence-corrected chi connectivity index (χ4v) is 2.40. The Morgan fingerprint density at radius 2 is 1.90 bits per heavy atom. The van der Waals surface area contributed by atoms with E-state index >= 15 is 0 Å². The molecule has 2 rings (SSSR count). The van der Waals surface area contributed by atoms with Crippen molar-refractivity contribution in [3.63, 3.8) is 0 Å². The standard InChI is InChI=1S/C15H23ClN4O/c1-10-12(16)18-14(15(2,3)4)19-13(10)17-9-11(21)20-7-5-6-8-20/h5-9H2,1-4H3,(H,17,18,19). The molecule has 1 N–H and O–H groups in total. The van der Waals surface area contributed by atoms with E-state index in [0.717, 1.165) is 31.5 Å². The fraction of sp³-hybridized carbons (Fsp3) is 0.667. The molecule has 5 nitrogen and oxygen atoms in total. The van der Waals surface area contributed by atoms with Crippen LogP contribution in [0.5, 0.6) is 0 Å². The molecule has 21 heavy (non-hydrogen) atoms. The van der Waals surface area contributed by atoms with Gasteiger partial charge in [0.2, 0.25) is 5.91 Å². The average molecular weight is 311 g/mol. The Kier molecular flexibility index (Phi) is 4.71. The Bertz CT molecular complexity index is 533. The largest absolute Gasteiger partial charge is 0.361 e. The summed E-state index contributed by atoms with van der Waals surface area (Å²) in [5.74, 6) is 1.43. The number of hydrogen-bond acceptors (Lipinski definition) is 4. The first kappa shape index (κ1) is 16.0. The third-order valence-corrected chi connectivity index (χ3v) is 3.99. The molecule has 1 aromatic rings. The fourth-order valence-electron chi connectivity index (χ4n) is 2.23. The van der Waals surface area contributed by atoms with Gasteiger partial charge in [-0.2, -0.15) is 0 Å². The minimum Gasteiger partial charge on any atom is -0.361 e. The molecule has 0 aliphatic carbocycles. The van der Waals surface area contributed by atoms with Crippen molar-refractivity contribution in [3.8, 4) is 0 Å². The van der Waals surface area contributed by atoms with Gasteiger partial charge in [-0.05, 0) is 19.8 Å². The van der Waals surface area contributed by atoms with Gasteiger partial charge in [0.1, 0.15) is 16.8 Å². The molecular formula is C15H23ClN4O. The summed E-state index contributed by atoms with van der Waals surface area (Å²) in [6.07, 6.45) is 2.19.